The van der Waals surface area contributed by atoms with E-state index in [4.69, 9.17) is 0 Å². The van der Waals surface area contributed by atoms with Crippen molar-refractivity contribution in [3.63, 3.8) is 0 Å². The van der Waals surface area contributed by atoms with Crippen LogP contribution in [-0.4, -0.2) is 57.9 Å². The quantitative estimate of drug-likeness (QED) is 0.483. The Morgan fingerprint density at radius 2 is 1.90 bits per heavy atom. The highest BCUT2D eigenvalue weighted by Gasteiger charge is 2.26. The van der Waals surface area contributed by atoms with E-state index in [2.05, 4.69) is 17.6 Å². The van der Waals surface area contributed by atoms with Crippen molar-refractivity contribution in [1.29, 1.82) is 0 Å². The maximum Gasteiger partial charge on any atom is 0.293 e. The number of hydrogen-bond acceptors (Lipinski definition) is 7. The van der Waals surface area contributed by atoms with Gasteiger partial charge in [-0.3, -0.25) is 14.9 Å². The third-order valence-corrected chi connectivity index (χ3v) is 6.31. The highest BCUT2D eigenvalue weighted by atomic mass is 32.2. The van der Waals surface area contributed by atoms with Crippen molar-refractivity contribution in [2.75, 3.05) is 42.9 Å². The zero-order valence-corrected chi connectivity index (χ0v) is 18.2. The molecule has 0 heterocycles. The molecular weight excluding hydrogens is 396 g/mol. The molecule has 2 rings (SSSR count). The van der Waals surface area contributed by atoms with Gasteiger partial charge >= 0.3 is 0 Å². The molecule has 10 heteroatoms. The van der Waals surface area contributed by atoms with Gasteiger partial charge in [0.15, 0.2) is 0 Å². The monoisotopic (exact) mass is 426 g/mol. The maximum atomic E-state index is 13.0. The normalized spacial score (nSPS) is 19.4. The van der Waals surface area contributed by atoms with E-state index in [1.54, 1.807) is 19.0 Å². The lowest BCUT2D eigenvalue weighted by Crippen LogP contribution is -2.38. The van der Waals surface area contributed by atoms with Crippen LogP contribution in [-0.2, 0) is 9.84 Å². The standard InChI is InChI=1S/C19H30N4O5S/c1-13-5-7-14(8-6-13)21-19(24)15-11-18(23(25)26)16(20-2)12-17(15)22(3)9-10-29(4,27)28/h11-14,20H,5-10H2,1-4H3,(H,21,24)/t13-,14-. The summed E-state index contributed by atoms with van der Waals surface area (Å²) >= 11 is 0. The Balaban J connectivity index is 2.36. The van der Waals surface area contributed by atoms with Gasteiger partial charge in [0.1, 0.15) is 15.5 Å². The minimum absolute atomic E-state index is 0.0379. The summed E-state index contributed by atoms with van der Waals surface area (Å²) in [5.74, 6) is 0.171. The van der Waals surface area contributed by atoms with Crippen LogP contribution < -0.4 is 15.5 Å². The Morgan fingerprint density at radius 1 is 1.28 bits per heavy atom. The summed E-state index contributed by atoms with van der Waals surface area (Å²) in [6.07, 6.45) is 4.97. The second kappa shape index (κ2) is 9.43. The van der Waals surface area contributed by atoms with E-state index in [0.29, 0.717) is 11.6 Å². The van der Waals surface area contributed by atoms with Crippen LogP contribution in [0.15, 0.2) is 12.1 Å². The van der Waals surface area contributed by atoms with E-state index >= 15 is 0 Å². The zero-order chi connectivity index (χ0) is 21.8. The number of hydrogen-bond donors (Lipinski definition) is 2. The van der Waals surface area contributed by atoms with Crippen LogP contribution in [0.25, 0.3) is 0 Å². The molecule has 1 aromatic rings. The molecule has 1 aliphatic rings. The topological polar surface area (TPSA) is 122 Å². The van der Waals surface area contributed by atoms with E-state index in [-0.39, 0.29) is 41.2 Å². The van der Waals surface area contributed by atoms with E-state index in [1.807, 2.05) is 0 Å². The Morgan fingerprint density at radius 3 is 2.41 bits per heavy atom. The molecule has 1 saturated carbocycles. The molecule has 0 spiro atoms. The number of benzene rings is 1. The van der Waals surface area contributed by atoms with Crippen molar-refractivity contribution >= 4 is 32.8 Å². The summed E-state index contributed by atoms with van der Waals surface area (Å²) in [7, 11) is 0.0410. The number of nitro groups is 1. The second-order valence-electron chi connectivity index (χ2n) is 7.88. The van der Waals surface area contributed by atoms with Crippen molar-refractivity contribution < 1.29 is 18.1 Å². The van der Waals surface area contributed by atoms with Gasteiger partial charge in [-0.05, 0) is 37.7 Å². The fourth-order valence-electron chi connectivity index (χ4n) is 3.52. The molecule has 9 nitrogen and oxygen atoms in total. The number of nitrogens with zero attached hydrogens (tertiary/aromatic N) is 2. The zero-order valence-electron chi connectivity index (χ0n) is 17.4. The minimum Gasteiger partial charge on any atom is -0.383 e. The molecule has 0 bridgehead atoms. The number of nitrogens with one attached hydrogen (secondary N) is 2. The predicted octanol–water partition coefficient (Wildman–Crippen LogP) is 2.43. The van der Waals surface area contributed by atoms with Crippen molar-refractivity contribution in [2.45, 2.75) is 38.6 Å². The Kier molecular flexibility index (Phi) is 7.45. The first-order valence-corrected chi connectivity index (χ1v) is 11.8. The van der Waals surface area contributed by atoms with E-state index in [1.165, 1.54) is 12.1 Å². The summed E-state index contributed by atoms with van der Waals surface area (Å²) in [4.78, 5) is 25.6. The van der Waals surface area contributed by atoms with Gasteiger partial charge in [0.25, 0.3) is 11.6 Å². The molecule has 1 aromatic carbocycles. The molecule has 162 valence electrons. The average Bonchev–Trinajstić information content (AvgIpc) is 2.66. The summed E-state index contributed by atoms with van der Waals surface area (Å²) in [5.41, 5.74) is 0.685. The van der Waals surface area contributed by atoms with E-state index < -0.39 is 14.8 Å². The summed E-state index contributed by atoms with van der Waals surface area (Å²) in [6, 6.07) is 2.83. The summed E-state index contributed by atoms with van der Waals surface area (Å²) < 4.78 is 23.1. The van der Waals surface area contributed by atoms with Crippen molar-refractivity contribution in [1.82, 2.24) is 5.32 Å². The van der Waals surface area contributed by atoms with Gasteiger partial charge in [0.2, 0.25) is 0 Å². The molecule has 0 saturated heterocycles. The lowest BCUT2D eigenvalue weighted by Gasteiger charge is -2.28. The largest absolute Gasteiger partial charge is 0.383 e. The molecule has 0 aromatic heterocycles. The Labute approximate surface area is 171 Å². The molecule has 29 heavy (non-hydrogen) atoms. The van der Waals surface area contributed by atoms with Crippen LogP contribution in [0.3, 0.4) is 0 Å². The number of nitro benzene ring substituents is 1. The van der Waals surface area contributed by atoms with Crippen molar-refractivity contribution in [3.8, 4) is 0 Å². The third kappa shape index (κ3) is 6.31. The number of carbonyl (C=O) groups is 1. The number of amides is 1. The molecular formula is C19H30N4O5S. The highest BCUT2D eigenvalue weighted by molar-refractivity contribution is 7.90. The molecule has 1 fully saturated rings. The van der Waals surface area contributed by atoms with Crippen LogP contribution in [0.1, 0.15) is 43.0 Å². The fraction of sp³-hybridized carbons (Fsp3) is 0.632. The summed E-state index contributed by atoms with van der Waals surface area (Å²) in [5, 5.41) is 17.2. The van der Waals surface area contributed by atoms with Crippen LogP contribution in [0.4, 0.5) is 17.1 Å². The Hall–Kier alpha value is -2.36. The fourth-order valence-corrected chi connectivity index (χ4v) is 4.12. The van der Waals surface area contributed by atoms with Crippen molar-refractivity contribution in [3.05, 3.63) is 27.8 Å². The minimum atomic E-state index is -3.19. The Bertz CT molecular complexity index is 864. The number of anilines is 2. The number of rotatable bonds is 8. The molecule has 2 N–H and O–H groups in total. The highest BCUT2D eigenvalue weighted by Crippen LogP contribution is 2.33. The van der Waals surface area contributed by atoms with Gasteiger partial charge in [-0.2, -0.15) is 0 Å². The van der Waals surface area contributed by atoms with Gasteiger partial charge in [0.05, 0.1) is 21.9 Å². The molecule has 0 unspecified atom stereocenters. The van der Waals surface area contributed by atoms with Crippen LogP contribution in [0.5, 0.6) is 0 Å². The van der Waals surface area contributed by atoms with Crippen LogP contribution in [0.2, 0.25) is 0 Å². The van der Waals surface area contributed by atoms with Crippen molar-refractivity contribution in [2.24, 2.45) is 5.92 Å². The summed E-state index contributed by atoms with van der Waals surface area (Å²) in [6.45, 7) is 2.35. The van der Waals surface area contributed by atoms with E-state index in [9.17, 15) is 23.3 Å². The lowest BCUT2D eigenvalue weighted by molar-refractivity contribution is -0.383. The van der Waals surface area contributed by atoms with Gasteiger partial charge in [-0.1, -0.05) is 6.92 Å². The third-order valence-electron chi connectivity index (χ3n) is 5.38. The van der Waals surface area contributed by atoms with Gasteiger partial charge in [-0.25, -0.2) is 8.42 Å². The second-order valence-corrected chi connectivity index (χ2v) is 10.1. The predicted molar refractivity (Wildman–Crippen MR) is 115 cm³/mol. The SMILES string of the molecule is CNc1cc(N(C)CCS(C)(=O)=O)c(C(=O)N[C@H]2CC[C@H](C)CC2)cc1[N+](=O)[O-]. The van der Waals surface area contributed by atoms with Gasteiger partial charge in [0, 0.05) is 39.0 Å². The van der Waals surface area contributed by atoms with Gasteiger partial charge in [-0.15, -0.1) is 0 Å². The molecule has 1 amide bonds. The lowest BCUT2D eigenvalue weighted by atomic mass is 9.87. The number of carbonyl (C=O) groups excluding carboxylic acids is 1. The van der Waals surface area contributed by atoms with E-state index in [0.717, 1.165) is 31.9 Å². The first kappa shape index (κ1) is 22.9. The molecule has 1 aliphatic carbocycles. The molecule has 0 atom stereocenters. The van der Waals surface area contributed by atoms with Gasteiger partial charge < -0.3 is 15.5 Å². The average molecular weight is 427 g/mol. The number of sulfone groups is 1. The first-order chi connectivity index (χ1) is 13.5. The molecule has 0 radical (unpaired) electrons. The smallest absolute Gasteiger partial charge is 0.293 e. The molecule has 0 aliphatic heterocycles. The first-order valence-electron chi connectivity index (χ1n) is 9.71. The van der Waals surface area contributed by atoms with Crippen LogP contribution >= 0.6 is 0 Å². The maximum absolute atomic E-state index is 13.0. The van der Waals surface area contributed by atoms with Crippen LogP contribution in [0, 0.1) is 16.0 Å².